The van der Waals surface area contributed by atoms with Crippen LogP contribution in [0, 0.1) is 6.92 Å². The zero-order valence-electron chi connectivity index (χ0n) is 19.6. The Morgan fingerprint density at radius 2 is 1.90 bits per heavy atom. The summed E-state index contributed by atoms with van der Waals surface area (Å²) in [7, 11) is -18.6. The van der Waals surface area contributed by atoms with E-state index in [0.717, 1.165) is 4.57 Å². The number of halogens is 2. The highest BCUT2D eigenvalue weighted by atomic mass is 31.3. The zero-order chi connectivity index (χ0) is 29.2. The summed E-state index contributed by atoms with van der Waals surface area (Å²) >= 11 is 0. The summed E-state index contributed by atoms with van der Waals surface area (Å²) in [5.74, 6) is 0. The summed E-state index contributed by atoms with van der Waals surface area (Å²) in [5, 5.41) is -0.162. The van der Waals surface area contributed by atoms with Gasteiger partial charge in [0.2, 0.25) is 0 Å². The van der Waals surface area contributed by atoms with Gasteiger partial charge in [0.15, 0.2) is 0 Å². The van der Waals surface area contributed by atoms with Crippen LogP contribution in [0.25, 0.3) is 10.4 Å². The van der Waals surface area contributed by atoms with Crippen LogP contribution in [0.15, 0.2) is 51.2 Å². The Morgan fingerprint density at radius 3 is 2.49 bits per heavy atom. The van der Waals surface area contributed by atoms with Crippen molar-refractivity contribution >= 4 is 28.6 Å². The Bertz CT molecular complexity index is 1520. The lowest BCUT2D eigenvalue weighted by Gasteiger charge is -2.27. The lowest BCUT2D eigenvalue weighted by Crippen LogP contribution is -2.33. The van der Waals surface area contributed by atoms with Crippen molar-refractivity contribution in [2.45, 2.75) is 37.1 Å². The Hall–Kier alpha value is -2.68. The number of rotatable bonds is 11. The molecule has 1 aliphatic rings. The van der Waals surface area contributed by atoms with Gasteiger partial charge >= 0.3 is 34.0 Å². The highest BCUT2D eigenvalue weighted by Crippen LogP contribution is 2.78. The van der Waals surface area contributed by atoms with Gasteiger partial charge < -0.3 is 19.4 Å². The topological polar surface area (TPSA) is 255 Å². The van der Waals surface area contributed by atoms with Crippen molar-refractivity contribution < 1.29 is 50.7 Å². The number of alkyl halides is 2. The summed E-state index contributed by atoms with van der Waals surface area (Å²) < 4.78 is 80.7. The molecule has 1 aromatic carbocycles. The number of nitrogens with one attached hydrogen (secondary N) is 2. The molecule has 5 N–H and O–H groups in total. The van der Waals surface area contributed by atoms with Gasteiger partial charge in [0.25, 0.3) is 5.56 Å². The Kier molecular flexibility index (Phi) is 9.05. The fourth-order valence-corrected chi connectivity index (χ4v) is 7.73. The van der Waals surface area contributed by atoms with Gasteiger partial charge in [-0.15, -0.1) is 0 Å². The molecule has 2 aromatic rings. The summed E-state index contributed by atoms with van der Waals surface area (Å²) in [6.45, 7) is 0.481. The number of azide groups is 1. The first-order valence-electron chi connectivity index (χ1n) is 10.6. The van der Waals surface area contributed by atoms with Crippen LogP contribution in [0.2, 0.25) is 0 Å². The predicted molar refractivity (Wildman–Crippen MR) is 129 cm³/mol. The van der Waals surface area contributed by atoms with Crippen LogP contribution in [0.1, 0.15) is 18.2 Å². The third-order valence-corrected chi connectivity index (χ3v) is 10.9. The molecule has 0 amide bonds. The molecule has 1 aliphatic heterocycles. The van der Waals surface area contributed by atoms with E-state index in [4.69, 9.17) is 24.6 Å². The minimum Gasteiger partial charge on any atom is -0.352 e. The molecule has 1 aromatic heterocycles. The molecular weight excluding hydrogens is 595 g/mol. The van der Waals surface area contributed by atoms with Gasteiger partial charge in [0.1, 0.15) is 6.23 Å². The predicted octanol–water partition coefficient (Wildman–Crippen LogP) is 2.98. The van der Waals surface area contributed by atoms with E-state index < -0.39 is 64.6 Å². The standard InChI is InChI=1S/C17H21F2N6O11P3/c1-10-8-25(16(27)21-15(10)26)14-7-12(22-24-20)13(35-14)9-34-39(33,23-11-5-3-2-4-6-11)36-38(31,32)17(18,19)37(28,29)30/h2-6,8,12-14H,7,9H2,1H3,(H,23,33)(H,31,32)(H,21,26,27)(H2,28,29,30)/t12-,13-,14-,39?/m1/s1. The molecule has 0 bridgehead atoms. The number of aromatic amines is 1. The molecular formula is C17H21F2N6O11P3. The van der Waals surface area contributed by atoms with Crippen LogP contribution in [-0.2, 0) is 27.3 Å². The Morgan fingerprint density at radius 1 is 1.26 bits per heavy atom. The highest BCUT2D eigenvalue weighted by Gasteiger charge is 2.67. The quantitative estimate of drug-likeness (QED) is 0.106. The van der Waals surface area contributed by atoms with Crippen LogP contribution in [0.4, 0.5) is 14.5 Å². The largest absolute Gasteiger partial charge is 0.444 e. The van der Waals surface area contributed by atoms with E-state index in [2.05, 4.69) is 19.3 Å². The van der Waals surface area contributed by atoms with Crippen molar-refractivity contribution in [1.29, 1.82) is 0 Å². The molecule has 0 spiro atoms. The van der Waals surface area contributed by atoms with Crippen LogP contribution >= 0.6 is 22.9 Å². The summed E-state index contributed by atoms with van der Waals surface area (Å²) in [6.07, 6.45) is -1.50. The highest BCUT2D eigenvalue weighted by molar-refractivity contribution is 7.76. The van der Waals surface area contributed by atoms with Crippen molar-refractivity contribution in [1.82, 2.24) is 9.55 Å². The Labute approximate surface area is 216 Å². The number of ether oxygens (including phenoxy) is 1. The first kappa shape index (κ1) is 30.9. The van der Waals surface area contributed by atoms with Crippen molar-refractivity contribution in [2.24, 2.45) is 5.11 Å². The normalized spacial score (nSPS) is 22.9. The number of hydrogen-bond acceptors (Lipinski definition) is 9. The maximum absolute atomic E-state index is 14.1. The minimum atomic E-state index is -6.69. The van der Waals surface area contributed by atoms with Gasteiger partial charge in [0.05, 0.1) is 18.8 Å². The molecule has 22 heteroatoms. The number of benzene rings is 1. The van der Waals surface area contributed by atoms with Gasteiger partial charge in [-0.1, -0.05) is 23.3 Å². The summed E-state index contributed by atoms with van der Waals surface area (Å²) in [5.41, 5.74) is 7.37. The summed E-state index contributed by atoms with van der Waals surface area (Å²) in [6, 6.07) is 5.64. The second-order valence-corrected chi connectivity index (χ2v) is 13.8. The van der Waals surface area contributed by atoms with Gasteiger partial charge in [-0.2, -0.15) is 8.78 Å². The number of nitrogens with zero attached hydrogens (tertiary/aromatic N) is 4. The van der Waals surface area contributed by atoms with Crippen LogP contribution in [0.5, 0.6) is 0 Å². The van der Waals surface area contributed by atoms with E-state index in [1.807, 2.05) is 5.09 Å². The SMILES string of the molecule is Cc1cn([C@H]2C[C@@H](N=[N+]=[N-])[C@@H](COP(=O)(Nc3ccccc3)OP(=O)(O)C(F)(F)P(=O)(O)O)O2)c(=O)[nH]c1=O. The van der Waals surface area contributed by atoms with Crippen molar-refractivity contribution in [3.63, 3.8) is 0 Å². The van der Waals surface area contributed by atoms with Gasteiger partial charge in [0, 0.05) is 28.8 Å². The second kappa shape index (κ2) is 11.4. The monoisotopic (exact) mass is 616 g/mol. The van der Waals surface area contributed by atoms with Crippen LogP contribution < -0.4 is 16.3 Å². The molecule has 0 saturated carbocycles. The third-order valence-electron chi connectivity index (χ3n) is 5.22. The van der Waals surface area contributed by atoms with E-state index in [-0.39, 0.29) is 17.7 Å². The van der Waals surface area contributed by atoms with Crippen LogP contribution in [0.3, 0.4) is 0 Å². The Balaban J connectivity index is 1.91. The second-order valence-electron chi connectivity index (χ2n) is 8.04. The van der Waals surface area contributed by atoms with Crippen molar-refractivity contribution in [3.05, 3.63) is 73.4 Å². The molecule has 2 heterocycles. The third kappa shape index (κ3) is 6.91. The average Bonchev–Trinajstić information content (AvgIpc) is 3.22. The van der Waals surface area contributed by atoms with Crippen LogP contribution in [-0.4, -0.2) is 48.4 Å². The minimum absolute atomic E-state index is 0.132. The summed E-state index contributed by atoms with van der Waals surface area (Å²) in [4.78, 5) is 56.0. The van der Waals surface area contributed by atoms with E-state index >= 15 is 0 Å². The van der Waals surface area contributed by atoms with Gasteiger partial charge in [-0.05, 0) is 24.6 Å². The molecule has 39 heavy (non-hydrogen) atoms. The fourth-order valence-electron chi connectivity index (χ4n) is 3.30. The van der Waals surface area contributed by atoms with Gasteiger partial charge in [-0.25, -0.2) is 13.7 Å². The number of anilines is 1. The fraction of sp³-hybridized carbons (Fsp3) is 0.412. The molecule has 5 atom stereocenters. The van der Waals surface area contributed by atoms with E-state index in [1.165, 1.54) is 43.5 Å². The first-order chi connectivity index (χ1) is 18.0. The molecule has 2 unspecified atom stereocenters. The van der Waals surface area contributed by atoms with E-state index in [0.29, 0.717) is 0 Å². The van der Waals surface area contributed by atoms with E-state index in [1.54, 1.807) is 0 Å². The lowest BCUT2D eigenvalue weighted by atomic mass is 10.1. The first-order valence-corrected chi connectivity index (χ1v) is 15.3. The molecule has 3 rings (SSSR count). The number of H-pyrrole nitrogens is 1. The zero-order valence-corrected chi connectivity index (χ0v) is 22.3. The van der Waals surface area contributed by atoms with Crippen molar-refractivity contribution in [2.75, 3.05) is 11.7 Å². The lowest BCUT2D eigenvalue weighted by molar-refractivity contribution is -0.0237. The molecule has 17 nitrogen and oxygen atoms in total. The molecule has 214 valence electrons. The maximum atomic E-state index is 14.1. The molecule has 0 radical (unpaired) electrons. The number of aromatic nitrogens is 2. The van der Waals surface area contributed by atoms with Crippen molar-refractivity contribution in [3.8, 4) is 0 Å². The molecule has 0 aliphatic carbocycles. The van der Waals surface area contributed by atoms with Gasteiger partial charge in [-0.3, -0.25) is 33.1 Å². The molecule has 1 fully saturated rings. The van der Waals surface area contributed by atoms with E-state index in [9.17, 15) is 37.0 Å². The average molecular weight is 616 g/mol. The number of para-hydroxylation sites is 1. The molecule has 1 saturated heterocycles. The maximum Gasteiger partial charge on any atom is 0.444 e. The smallest absolute Gasteiger partial charge is 0.352 e. The number of hydrogen-bond donors (Lipinski definition) is 5. The number of aryl methyl sites for hydroxylation is 1.